The van der Waals surface area contributed by atoms with Crippen molar-refractivity contribution in [2.45, 2.75) is 47.4 Å². The van der Waals surface area contributed by atoms with Crippen LogP contribution < -0.4 is 0 Å². The van der Waals surface area contributed by atoms with Gasteiger partial charge in [-0.3, -0.25) is 0 Å². The maximum absolute atomic E-state index is 12.9. The second kappa shape index (κ2) is 7.49. The van der Waals surface area contributed by atoms with Crippen LogP contribution in [0.4, 0.5) is 70.2 Å². The maximum Gasteiger partial charge on any atom is 0.453 e. The highest BCUT2D eigenvalue weighted by Gasteiger charge is 2.77. The average molecular weight is 519 g/mol. The Morgan fingerprint density at radius 2 is 0.448 bits per heavy atom. The van der Waals surface area contributed by atoms with Crippen LogP contribution in [0.25, 0.3) is 0 Å². The zero-order valence-corrected chi connectivity index (χ0v) is 13.5. The number of halogens is 18. The third-order valence-corrected chi connectivity index (χ3v) is 2.55. The van der Waals surface area contributed by atoms with Crippen LogP contribution in [0.3, 0.4) is 0 Å². The molecule has 0 amide bonds. The summed E-state index contributed by atoms with van der Waals surface area (Å²) in [5.41, 5.74) is 0. The zero-order chi connectivity index (χ0) is 24.1. The molecule has 0 aliphatic rings. The lowest BCUT2D eigenvalue weighted by molar-refractivity contribution is -0.565. The minimum Gasteiger partial charge on any atom is -0.242 e. The van der Waals surface area contributed by atoms with E-state index in [0.717, 1.165) is 0 Å². The fourth-order valence-corrected chi connectivity index (χ4v) is 0.913. The number of rotatable bonds is 10. The number of alkyl halides is 18. The fraction of sp³-hybridized carbons (Fsp3) is 1.00. The van der Waals surface area contributed by atoms with Gasteiger partial charge in [-0.15, -0.1) is 0 Å². The molecule has 0 unspecified atom stereocenters. The van der Waals surface area contributed by atoms with E-state index in [9.17, 15) is 70.2 Å². The molecule has 29 heavy (non-hydrogen) atoms. The van der Waals surface area contributed by atoms with Crippen molar-refractivity contribution in [3.8, 4) is 0 Å². The van der Waals surface area contributed by atoms with Crippen LogP contribution in [0.2, 0.25) is 0 Å². The molecule has 0 atom stereocenters. The third-order valence-electron chi connectivity index (χ3n) is 2.11. The van der Waals surface area contributed by atoms with Gasteiger partial charge >= 0.3 is 47.4 Å². The first-order chi connectivity index (χ1) is 12.1. The summed E-state index contributed by atoms with van der Waals surface area (Å²) in [6.45, 7) is 0. The molecule has 3 nitrogen and oxygen atoms in total. The van der Waals surface area contributed by atoms with Gasteiger partial charge < -0.3 is 0 Å². The second-order valence-corrected chi connectivity index (χ2v) is 5.35. The quantitative estimate of drug-likeness (QED) is 0.252. The minimum atomic E-state index is -7.44. The van der Waals surface area contributed by atoms with Gasteiger partial charge in [-0.1, -0.05) is 0 Å². The Morgan fingerprint density at radius 3 is 0.586 bits per heavy atom. The van der Waals surface area contributed by atoms with Crippen LogP contribution >= 0.6 is 23.2 Å². The molecule has 0 saturated heterocycles. The van der Waals surface area contributed by atoms with Crippen LogP contribution in [0.1, 0.15) is 0 Å². The van der Waals surface area contributed by atoms with E-state index in [1.165, 1.54) is 14.2 Å². The van der Waals surface area contributed by atoms with Gasteiger partial charge in [-0.2, -0.15) is 70.2 Å². The molecule has 0 rings (SSSR count). The van der Waals surface area contributed by atoms with E-state index in [1.54, 1.807) is 0 Å². The molecule has 0 aliphatic carbocycles. The predicted molar refractivity (Wildman–Crippen MR) is 54.5 cm³/mol. The van der Waals surface area contributed by atoms with Crippen molar-refractivity contribution in [1.29, 1.82) is 0 Å². The van der Waals surface area contributed by atoms with Gasteiger partial charge in [0, 0.05) is 0 Å². The highest BCUT2D eigenvalue weighted by molar-refractivity contribution is 6.22. The van der Waals surface area contributed by atoms with Crippen LogP contribution in [0.5, 0.6) is 0 Å². The van der Waals surface area contributed by atoms with Crippen molar-refractivity contribution >= 4 is 23.2 Å². The topological polar surface area (TPSA) is 27.7 Å². The van der Waals surface area contributed by atoms with Crippen molar-refractivity contribution in [2.75, 3.05) is 0 Å². The first-order valence-corrected chi connectivity index (χ1v) is 6.38. The molecule has 0 heterocycles. The van der Waals surface area contributed by atoms with E-state index in [0.29, 0.717) is 0 Å². The highest BCUT2D eigenvalue weighted by Crippen LogP contribution is 2.52. The SMILES string of the molecule is FC(F)(Cl)C(F)(F)OC(F)(F)C(F)(F)OC(F)(F)C(F)(F)OC(F)(F)C(F)(F)Cl. The summed E-state index contributed by atoms with van der Waals surface area (Å²) in [7, 11) is 0. The lowest BCUT2D eigenvalue weighted by Gasteiger charge is -2.34. The van der Waals surface area contributed by atoms with Crippen molar-refractivity contribution in [2.24, 2.45) is 0 Å². The van der Waals surface area contributed by atoms with Gasteiger partial charge in [0.05, 0.1) is 0 Å². The van der Waals surface area contributed by atoms with Gasteiger partial charge in [0.1, 0.15) is 0 Å². The van der Waals surface area contributed by atoms with E-state index < -0.39 is 47.4 Å². The first-order valence-electron chi connectivity index (χ1n) is 5.63. The van der Waals surface area contributed by atoms with Crippen LogP contribution in [0.15, 0.2) is 0 Å². The summed E-state index contributed by atoms with van der Waals surface area (Å²) in [5, 5.41) is -12.4. The number of ether oxygens (including phenoxy) is 3. The molecular weight excluding hydrogens is 519 g/mol. The Labute approximate surface area is 156 Å². The van der Waals surface area contributed by atoms with Gasteiger partial charge in [-0.25, -0.2) is 14.2 Å². The molecule has 0 saturated carbocycles. The molecule has 21 heteroatoms. The molecule has 176 valence electrons. The average Bonchev–Trinajstić information content (AvgIpc) is 2.30. The second-order valence-electron chi connectivity index (χ2n) is 4.40. The third kappa shape index (κ3) is 6.17. The molecule has 0 aliphatic heterocycles. The maximum atomic E-state index is 12.9. The van der Waals surface area contributed by atoms with Crippen LogP contribution in [-0.2, 0) is 14.2 Å². The minimum absolute atomic E-state index is 1.41. The number of hydrogen-bond donors (Lipinski definition) is 0. The molecule has 0 fully saturated rings. The van der Waals surface area contributed by atoms with Gasteiger partial charge in [0.2, 0.25) is 0 Å². The predicted octanol–water partition coefficient (Wildman–Crippen LogP) is 6.26. The Morgan fingerprint density at radius 1 is 0.310 bits per heavy atom. The molecule has 0 aromatic heterocycles. The highest BCUT2D eigenvalue weighted by atomic mass is 35.5. The summed E-state index contributed by atoms with van der Waals surface area (Å²) in [5.74, 6) is 0. The van der Waals surface area contributed by atoms with Crippen LogP contribution in [-0.4, -0.2) is 47.4 Å². The smallest absolute Gasteiger partial charge is 0.242 e. The van der Waals surface area contributed by atoms with Gasteiger partial charge in [0.25, 0.3) is 0 Å². The Bertz CT molecular complexity index is 532. The van der Waals surface area contributed by atoms with E-state index >= 15 is 0 Å². The first kappa shape index (κ1) is 28.3. The molecule has 0 aromatic rings. The largest absolute Gasteiger partial charge is 0.453 e. The van der Waals surface area contributed by atoms with Gasteiger partial charge in [-0.05, 0) is 23.2 Å². The summed E-state index contributed by atoms with van der Waals surface area (Å²) < 4.78 is 205. The summed E-state index contributed by atoms with van der Waals surface area (Å²) in [6, 6.07) is 0. The van der Waals surface area contributed by atoms with Crippen molar-refractivity contribution < 1.29 is 84.5 Å². The van der Waals surface area contributed by atoms with E-state index in [2.05, 4.69) is 23.2 Å². The lowest BCUT2D eigenvalue weighted by atomic mass is 10.5. The molecule has 0 bridgehead atoms. The van der Waals surface area contributed by atoms with E-state index in [1.807, 2.05) is 0 Å². The van der Waals surface area contributed by atoms with Crippen molar-refractivity contribution in [3.63, 3.8) is 0 Å². The Balaban J connectivity index is 5.78. The van der Waals surface area contributed by atoms with Gasteiger partial charge in [0.15, 0.2) is 0 Å². The molecule has 0 radical (unpaired) electrons. The fourth-order valence-electron chi connectivity index (χ4n) is 0.836. The monoisotopic (exact) mass is 518 g/mol. The summed E-state index contributed by atoms with van der Waals surface area (Å²) >= 11 is 7.04. The number of hydrogen-bond acceptors (Lipinski definition) is 3. The van der Waals surface area contributed by atoms with E-state index in [-0.39, 0.29) is 0 Å². The summed E-state index contributed by atoms with van der Waals surface area (Å²) in [4.78, 5) is 0. The van der Waals surface area contributed by atoms with Crippen molar-refractivity contribution in [3.05, 3.63) is 0 Å². The molecule has 0 aromatic carbocycles. The Kier molecular flexibility index (Phi) is 7.31. The molecule has 0 spiro atoms. The normalized spacial score (nSPS) is 16.3. The standard InChI is InChI=1S/C8Cl2F16O3/c9-1(11,12)3(15,16)27-5(19,20)7(23,24)29-8(25,26)6(21,22)28-4(17,18)2(10,13)14. The van der Waals surface area contributed by atoms with Crippen LogP contribution in [0, 0.1) is 0 Å². The van der Waals surface area contributed by atoms with Crippen molar-refractivity contribution in [1.82, 2.24) is 0 Å². The lowest BCUT2D eigenvalue weighted by Crippen LogP contribution is -2.59. The molecule has 0 N–H and O–H groups in total. The van der Waals surface area contributed by atoms with E-state index in [4.69, 9.17) is 0 Å². The Hall–Kier alpha value is -0.660. The zero-order valence-electron chi connectivity index (χ0n) is 12.0. The summed E-state index contributed by atoms with van der Waals surface area (Å²) in [6.07, 6.45) is -43.1. The molecular formula is C8Cl2F16O3.